The maximum absolute atomic E-state index is 11.2. The summed E-state index contributed by atoms with van der Waals surface area (Å²) in [6.45, 7) is 0. The van der Waals surface area contributed by atoms with Gasteiger partial charge in [-0.15, -0.1) is 0 Å². The third-order valence-corrected chi connectivity index (χ3v) is 2.16. The molecule has 76 valence electrons. The van der Waals surface area contributed by atoms with Crippen molar-refractivity contribution in [1.29, 1.82) is 0 Å². The van der Waals surface area contributed by atoms with Crippen LogP contribution in [0.25, 0.3) is 0 Å². The number of aldehydes is 2. The highest BCUT2D eigenvalue weighted by molar-refractivity contribution is 6.03. The van der Waals surface area contributed by atoms with Gasteiger partial charge < -0.3 is 9.59 Å². The van der Waals surface area contributed by atoms with Crippen LogP contribution in [0.5, 0.6) is 0 Å². The van der Waals surface area contributed by atoms with Gasteiger partial charge in [-0.1, -0.05) is 0 Å². The van der Waals surface area contributed by atoms with Gasteiger partial charge in [0, 0.05) is 19.3 Å². The van der Waals surface area contributed by atoms with Crippen LogP contribution in [0.4, 0.5) is 0 Å². The molecule has 1 atom stereocenters. The number of rotatable bonds is 5. The van der Waals surface area contributed by atoms with E-state index >= 15 is 0 Å². The number of carbonyl (C=O) groups excluding carboxylic acids is 4. The lowest BCUT2D eigenvalue weighted by Crippen LogP contribution is -2.40. The van der Waals surface area contributed by atoms with Gasteiger partial charge in [0.15, 0.2) is 0 Å². The van der Waals surface area contributed by atoms with Gasteiger partial charge in [-0.3, -0.25) is 14.5 Å². The molecule has 0 N–H and O–H groups in total. The van der Waals surface area contributed by atoms with Crippen LogP contribution in [-0.2, 0) is 19.2 Å². The third-order valence-electron chi connectivity index (χ3n) is 2.16. The van der Waals surface area contributed by atoms with E-state index in [1.54, 1.807) is 0 Å². The second-order valence-electron chi connectivity index (χ2n) is 3.10. The van der Waals surface area contributed by atoms with Crippen molar-refractivity contribution in [1.82, 2.24) is 4.90 Å². The SMILES string of the molecule is O=CCCC(C=O)N1C(=O)CCC1=O. The molecule has 1 aliphatic heterocycles. The zero-order valence-corrected chi connectivity index (χ0v) is 7.64. The first-order valence-corrected chi connectivity index (χ1v) is 4.44. The third kappa shape index (κ3) is 2.04. The Morgan fingerprint density at radius 2 is 1.79 bits per heavy atom. The van der Waals surface area contributed by atoms with Crippen LogP contribution in [0, 0.1) is 0 Å². The van der Waals surface area contributed by atoms with Gasteiger partial charge in [-0.2, -0.15) is 0 Å². The van der Waals surface area contributed by atoms with E-state index < -0.39 is 6.04 Å². The molecule has 0 aliphatic carbocycles. The molecule has 1 rings (SSSR count). The van der Waals surface area contributed by atoms with Gasteiger partial charge in [0.25, 0.3) is 0 Å². The Hall–Kier alpha value is -1.52. The van der Waals surface area contributed by atoms with Gasteiger partial charge in [0.05, 0.1) is 6.04 Å². The quantitative estimate of drug-likeness (QED) is 0.447. The first-order chi connectivity index (χ1) is 6.70. The Bertz CT molecular complexity index is 258. The second kappa shape index (κ2) is 4.64. The summed E-state index contributed by atoms with van der Waals surface area (Å²) in [4.78, 5) is 44.1. The molecule has 0 aromatic rings. The Morgan fingerprint density at radius 1 is 1.21 bits per heavy atom. The Labute approximate surface area is 81.1 Å². The number of carbonyl (C=O) groups is 4. The first-order valence-electron chi connectivity index (χ1n) is 4.44. The minimum absolute atomic E-state index is 0.171. The van der Waals surface area contributed by atoms with Crippen LogP contribution in [-0.4, -0.2) is 35.3 Å². The minimum Gasteiger partial charge on any atom is -0.303 e. The standard InChI is InChI=1S/C9H11NO4/c11-5-1-2-7(6-12)10-8(13)3-4-9(10)14/h5-7H,1-4H2. The predicted molar refractivity (Wildman–Crippen MR) is 46.2 cm³/mol. The van der Waals surface area contributed by atoms with E-state index in [4.69, 9.17) is 0 Å². The van der Waals surface area contributed by atoms with Crippen molar-refractivity contribution >= 4 is 24.4 Å². The number of imide groups is 1. The fourth-order valence-electron chi connectivity index (χ4n) is 1.46. The van der Waals surface area contributed by atoms with Crippen LogP contribution < -0.4 is 0 Å². The fraction of sp³-hybridized carbons (Fsp3) is 0.556. The monoisotopic (exact) mass is 197 g/mol. The Morgan fingerprint density at radius 3 is 2.21 bits per heavy atom. The summed E-state index contributed by atoms with van der Waals surface area (Å²) < 4.78 is 0. The average molecular weight is 197 g/mol. The second-order valence-corrected chi connectivity index (χ2v) is 3.10. The molecule has 0 saturated carbocycles. The number of hydrogen-bond donors (Lipinski definition) is 0. The lowest BCUT2D eigenvalue weighted by molar-refractivity contribution is -0.143. The maximum atomic E-state index is 11.2. The molecule has 1 aliphatic rings. The molecule has 0 aromatic carbocycles. The average Bonchev–Trinajstić information content (AvgIpc) is 2.50. The van der Waals surface area contributed by atoms with Crippen molar-refractivity contribution in [3.05, 3.63) is 0 Å². The molecule has 0 bridgehead atoms. The van der Waals surface area contributed by atoms with Crippen molar-refractivity contribution < 1.29 is 19.2 Å². The highest BCUT2D eigenvalue weighted by atomic mass is 16.2. The summed E-state index contributed by atoms with van der Waals surface area (Å²) in [6, 6.07) is -0.761. The first kappa shape index (κ1) is 10.6. The zero-order valence-electron chi connectivity index (χ0n) is 7.64. The normalized spacial score (nSPS) is 18.4. The largest absolute Gasteiger partial charge is 0.303 e. The van der Waals surface area contributed by atoms with Crippen molar-refractivity contribution in [2.24, 2.45) is 0 Å². The summed E-state index contributed by atoms with van der Waals surface area (Å²) in [5, 5.41) is 0. The molecule has 0 radical (unpaired) electrons. The molecule has 1 heterocycles. The van der Waals surface area contributed by atoms with Crippen LogP contribution in [0.2, 0.25) is 0 Å². The van der Waals surface area contributed by atoms with Crippen LogP contribution in [0.3, 0.4) is 0 Å². The molecule has 14 heavy (non-hydrogen) atoms. The topological polar surface area (TPSA) is 71.5 Å². The van der Waals surface area contributed by atoms with Gasteiger partial charge in [0.1, 0.15) is 12.6 Å². The summed E-state index contributed by atoms with van der Waals surface area (Å²) in [6.07, 6.45) is 1.96. The van der Waals surface area contributed by atoms with E-state index in [9.17, 15) is 19.2 Å². The zero-order chi connectivity index (χ0) is 10.6. The van der Waals surface area contributed by atoms with Crippen LogP contribution in [0.1, 0.15) is 25.7 Å². The fourth-order valence-corrected chi connectivity index (χ4v) is 1.46. The van der Waals surface area contributed by atoms with E-state index in [1.807, 2.05) is 0 Å². The summed E-state index contributed by atoms with van der Waals surface area (Å²) in [5.41, 5.74) is 0. The maximum Gasteiger partial charge on any atom is 0.230 e. The van der Waals surface area contributed by atoms with Gasteiger partial charge in [-0.25, -0.2) is 0 Å². The van der Waals surface area contributed by atoms with E-state index in [2.05, 4.69) is 0 Å². The minimum atomic E-state index is -0.761. The number of likely N-dealkylation sites (tertiary alicyclic amines) is 1. The van der Waals surface area contributed by atoms with E-state index in [-0.39, 0.29) is 37.5 Å². The number of hydrogen-bond acceptors (Lipinski definition) is 4. The van der Waals surface area contributed by atoms with Crippen LogP contribution >= 0.6 is 0 Å². The number of nitrogens with zero attached hydrogens (tertiary/aromatic N) is 1. The molecule has 2 amide bonds. The van der Waals surface area contributed by atoms with Crippen molar-refractivity contribution in [3.63, 3.8) is 0 Å². The summed E-state index contributed by atoms with van der Waals surface area (Å²) >= 11 is 0. The van der Waals surface area contributed by atoms with Gasteiger partial charge in [0.2, 0.25) is 11.8 Å². The Kier molecular flexibility index (Phi) is 3.50. The summed E-state index contributed by atoms with van der Waals surface area (Å²) in [7, 11) is 0. The molecular formula is C9H11NO4. The lowest BCUT2D eigenvalue weighted by Gasteiger charge is -2.19. The lowest BCUT2D eigenvalue weighted by atomic mass is 10.1. The van der Waals surface area contributed by atoms with E-state index in [0.717, 1.165) is 4.90 Å². The van der Waals surface area contributed by atoms with Crippen LogP contribution in [0.15, 0.2) is 0 Å². The predicted octanol–water partition coefficient (Wildman–Crippen LogP) is -0.318. The van der Waals surface area contributed by atoms with Crippen molar-refractivity contribution in [2.75, 3.05) is 0 Å². The number of amides is 2. The molecule has 1 unspecified atom stereocenters. The smallest absolute Gasteiger partial charge is 0.230 e. The van der Waals surface area contributed by atoms with Gasteiger partial charge >= 0.3 is 0 Å². The highest BCUT2D eigenvalue weighted by Gasteiger charge is 2.34. The molecule has 1 fully saturated rings. The Balaban J connectivity index is 2.67. The molecule has 5 nitrogen and oxygen atoms in total. The molecular weight excluding hydrogens is 186 g/mol. The van der Waals surface area contributed by atoms with Crippen molar-refractivity contribution in [2.45, 2.75) is 31.7 Å². The molecule has 5 heteroatoms. The molecule has 1 saturated heterocycles. The van der Waals surface area contributed by atoms with Crippen molar-refractivity contribution in [3.8, 4) is 0 Å². The molecule has 0 spiro atoms. The van der Waals surface area contributed by atoms with E-state index in [0.29, 0.717) is 12.6 Å². The highest BCUT2D eigenvalue weighted by Crippen LogP contribution is 2.16. The summed E-state index contributed by atoms with van der Waals surface area (Å²) in [5.74, 6) is -0.643. The van der Waals surface area contributed by atoms with Gasteiger partial charge in [-0.05, 0) is 6.42 Å². The van der Waals surface area contributed by atoms with E-state index in [1.165, 1.54) is 0 Å². The molecule has 0 aromatic heterocycles.